The minimum Gasteiger partial charge on any atom is -0.496 e. The second-order valence-electron chi connectivity index (χ2n) is 4.17. The number of methoxy groups -OCH3 is 1. The van der Waals surface area contributed by atoms with E-state index in [1.54, 1.807) is 18.9 Å². The van der Waals surface area contributed by atoms with Gasteiger partial charge in [-0.2, -0.15) is 0 Å². The van der Waals surface area contributed by atoms with Crippen molar-refractivity contribution in [3.05, 3.63) is 53.6 Å². The number of nitrogens with one attached hydrogen (secondary N) is 1. The van der Waals surface area contributed by atoms with Gasteiger partial charge in [-0.15, -0.1) is 0 Å². The number of para-hydroxylation sites is 1. The van der Waals surface area contributed by atoms with E-state index >= 15 is 0 Å². The van der Waals surface area contributed by atoms with Crippen molar-refractivity contribution in [2.45, 2.75) is 16.7 Å². The smallest absolute Gasteiger partial charge is 0.132 e. The van der Waals surface area contributed by atoms with Gasteiger partial charge in [0.25, 0.3) is 0 Å². The Morgan fingerprint density at radius 3 is 2.58 bits per heavy atom. The zero-order chi connectivity index (χ0) is 13.8. The highest BCUT2D eigenvalue weighted by atomic mass is 32.2. The molecule has 0 radical (unpaired) electrons. The average molecular weight is 272 g/mol. The third kappa shape index (κ3) is 3.09. The van der Waals surface area contributed by atoms with E-state index in [0.29, 0.717) is 0 Å². The van der Waals surface area contributed by atoms with Gasteiger partial charge in [0.2, 0.25) is 0 Å². The molecule has 3 nitrogen and oxygen atoms in total. The Morgan fingerprint density at radius 2 is 1.89 bits per heavy atom. The number of ether oxygens (including phenoxy) is 1. The van der Waals surface area contributed by atoms with Gasteiger partial charge in [0, 0.05) is 10.5 Å². The number of rotatable bonds is 4. The number of amidine groups is 1. The van der Waals surface area contributed by atoms with Crippen LogP contribution in [0.15, 0.2) is 52.3 Å². The summed E-state index contributed by atoms with van der Waals surface area (Å²) in [6, 6.07) is 13.7. The van der Waals surface area contributed by atoms with E-state index in [4.69, 9.17) is 15.9 Å². The van der Waals surface area contributed by atoms with Crippen molar-refractivity contribution in [2.24, 2.45) is 5.73 Å². The molecule has 0 bridgehead atoms. The average Bonchev–Trinajstić information content (AvgIpc) is 2.39. The predicted molar refractivity (Wildman–Crippen MR) is 79.3 cm³/mol. The molecule has 0 amide bonds. The number of benzene rings is 2. The zero-order valence-electron chi connectivity index (χ0n) is 10.9. The normalized spacial score (nSPS) is 10.2. The number of hydrogen-bond donors (Lipinski definition) is 2. The zero-order valence-corrected chi connectivity index (χ0v) is 11.8. The van der Waals surface area contributed by atoms with Gasteiger partial charge in [-0.1, -0.05) is 30.0 Å². The first-order valence-corrected chi connectivity index (χ1v) is 6.69. The standard InChI is InChI=1S/C15H16N2OS/c1-10-7-8-11(15(16)17)14(9-10)19-13-6-4-3-5-12(13)18-2/h3-9H,1-2H3,(H3,16,17). The Bertz CT molecular complexity index is 611. The largest absolute Gasteiger partial charge is 0.496 e. The lowest BCUT2D eigenvalue weighted by atomic mass is 10.1. The molecular formula is C15H16N2OS. The van der Waals surface area contributed by atoms with Crippen LogP contribution in [0.1, 0.15) is 11.1 Å². The molecule has 0 aromatic heterocycles. The molecule has 0 aliphatic rings. The van der Waals surface area contributed by atoms with E-state index < -0.39 is 0 Å². The molecule has 98 valence electrons. The molecule has 2 aromatic carbocycles. The fourth-order valence-electron chi connectivity index (χ4n) is 1.76. The Kier molecular flexibility index (Phi) is 4.12. The Labute approximate surface area is 117 Å². The fourth-order valence-corrected chi connectivity index (χ4v) is 2.93. The quantitative estimate of drug-likeness (QED) is 0.662. The molecule has 0 spiro atoms. The molecule has 0 aliphatic heterocycles. The van der Waals surface area contributed by atoms with Gasteiger partial charge >= 0.3 is 0 Å². The van der Waals surface area contributed by atoms with Gasteiger partial charge < -0.3 is 10.5 Å². The van der Waals surface area contributed by atoms with Crippen molar-refractivity contribution >= 4 is 17.6 Å². The van der Waals surface area contributed by atoms with Crippen LogP contribution in [0.5, 0.6) is 5.75 Å². The Morgan fingerprint density at radius 1 is 1.16 bits per heavy atom. The van der Waals surface area contributed by atoms with Crippen LogP contribution in [-0.2, 0) is 0 Å². The topological polar surface area (TPSA) is 59.1 Å². The molecule has 0 saturated carbocycles. The molecule has 2 rings (SSSR count). The van der Waals surface area contributed by atoms with Crippen molar-refractivity contribution in [1.29, 1.82) is 5.41 Å². The van der Waals surface area contributed by atoms with Crippen LogP contribution in [0.3, 0.4) is 0 Å². The summed E-state index contributed by atoms with van der Waals surface area (Å²) < 4.78 is 5.34. The van der Waals surface area contributed by atoms with Gasteiger partial charge in [0.15, 0.2) is 0 Å². The van der Waals surface area contributed by atoms with Gasteiger partial charge in [-0.05, 0) is 36.8 Å². The maximum absolute atomic E-state index is 7.64. The molecule has 19 heavy (non-hydrogen) atoms. The van der Waals surface area contributed by atoms with E-state index in [0.717, 1.165) is 26.7 Å². The minimum absolute atomic E-state index is 0.0809. The fraction of sp³-hybridized carbons (Fsp3) is 0.133. The van der Waals surface area contributed by atoms with E-state index in [1.807, 2.05) is 49.4 Å². The van der Waals surface area contributed by atoms with Crippen LogP contribution >= 0.6 is 11.8 Å². The number of nitrogen functional groups attached to an aromatic ring is 1. The van der Waals surface area contributed by atoms with Gasteiger partial charge in [-0.25, -0.2) is 0 Å². The summed E-state index contributed by atoms with van der Waals surface area (Å²) in [5.74, 6) is 0.904. The molecule has 2 aromatic rings. The van der Waals surface area contributed by atoms with Crippen molar-refractivity contribution in [1.82, 2.24) is 0 Å². The SMILES string of the molecule is COc1ccccc1Sc1cc(C)ccc1C(=N)N. The van der Waals surface area contributed by atoms with Crippen LogP contribution in [0.25, 0.3) is 0 Å². The van der Waals surface area contributed by atoms with Crippen molar-refractivity contribution in [3.8, 4) is 5.75 Å². The number of aryl methyl sites for hydroxylation is 1. The third-order valence-electron chi connectivity index (χ3n) is 2.72. The monoisotopic (exact) mass is 272 g/mol. The third-order valence-corrected chi connectivity index (χ3v) is 3.83. The van der Waals surface area contributed by atoms with E-state index in [2.05, 4.69) is 0 Å². The molecule has 0 saturated heterocycles. The Balaban J connectivity index is 2.42. The second-order valence-corrected chi connectivity index (χ2v) is 5.25. The maximum atomic E-state index is 7.64. The van der Waals surface area contributed by atoms with Crippen LogP contribution in [0, 0.1) is 12.3 Å². The Hall–Kier alpha value is -1.94. The van der Waals surface area contributed by atoms with Crippen molar-refractivity contribution in [3.63, 3.8) is 0 Å². The highest BCUT2D eigenvalue weighted by molar-refractivity contribution is 7.99. The van der Waals surface area contributed by atoms with E-state index in [1.165, 1.54) is 0 Å². The second kappa shape index (κ2) is 5.80. The van der Waals surface area contributed by atoms with Gasteiger partial charge in [0.1, 0.15) is 11.6 Å². The first-order valence-electron chi connectivity index (χ1n) is 5.87. The first kappa shape index (κ1) is 13.5. The van der Waals surface area contributed by atoms with Crippen LogP contribution in [0.2, 0.25) is 0 Å². The molecular weight excluding hydrogens is 256 g/mol. The minimum atomic E-state index is 0.0809. The van der Waals surface area contributed by atoms with Crippen LogP contribution in [0.4, 0.5) is 0 Å². The summed E-state index contributed by atoms with van der Waals surface area (Å²) in [5.41, 5.74) is 7.52. The molecule has 3 N–H and O–H groups in total. The lowest BCUT2D eigenvalue weighted by Crippen LogP contribution is -2.12. The molecule has 0 fully saturated rings. The molecule has 4 heteroatoms. The molecule has 0 aliphatic carbocycles. The number of nitrogens with two attached hydrogens (primary N) is 1. The van der Waals surface area contributed by atoms with Crippen molar-refractivity contribution in [2.75, 3.05) is 7.11 Å². The predicted octanol–water partition coefficient (Wildman–Crippen LogP) is 3.44. The highest BCUT2D eigenvalue weighted by Gasteiger charge is 2.10. The highest BCUT2D eigenvalue weighted by Crippen LogP contribution is 2.36. The van der Waals surface area contributed by atoms with Crippen LogP contribution in [-0.4, -0.2) is 12.9 Å². The van der Waals surface area contributed by atoms with Crippen LogP contribution < -0.4 is 10.5 Å². The summed E-state index contributed by atoms with van der Waals surface area (Å²) in [6.45, 7) is 2.02. The maximum Gasteiger partial charge on any atom is 0.132 e. The first-order chi connectivity index (χ1) is 9.11. The summed E-state index contributed by atoms with van der Waals surface area (Å²) >= 11 is 1.56. The van der Waals surface area contributed by atoms with E-state index in [-0.39, 0.29) is 5.84 Å². The summed E-state index contributed by atoms with van der Waals surface area (Å²) in [5, 5.41) is 7.64. The van der Waals surface area contributed by atoms with E-state index in [9.17, 15) is 0 Å². The van der Waals surface area contributed by atoms with Crippen molar-refractivity contribution < 1.29 is 4.74 Å². The summed E-state index contributed by atoms with van der Waals surface area (Å²) in [7, 11) is 1.65. The number of hydrogen-bond acceptors (Lipinski definition) is 3. The summed E-state index contributed by atoms with van der Waals surface area (Å²) in [4.78, 5) is 1.98. The molecule has 0 atom stereocenters. The van der Waals surface area contributed by atoms with Gasteiger partial charge in [-0.3, -0.25) is 5.41 Å². The lowest BCUT2D eigenvalue weighted by Gasteiger charge is -2.11. The lowest BCUT2D eigenvalue weighted by molar-refractivity contribution is 0.405. The molecule has 0 unspecified atom stereocenters. The molecule has 0 heterocycles. The summed E-state index contributed by atoms with van der Waals surface area (Å²) in [6.07, 6.45) is 0. The van der Waals surface area contributed by atoms with Gasteiger partial charge in [0.05, 0.1) is 12.0 Å².